The van der Waals surface area contributed by atoms with Crippen molar-refractivity contribution in [3.63, 3.8) is 0 Å². The van der Waals surface area contributed by atoms with Gasteiger partial charge in [0.25, 0.3) is 0 Å². The molecule has 1 nitrogen and oxygen atoms in total. The molecule has 1 heterocycles. The van der Waals surface area contributed by atoms with Crippen LogP contribution in [-0.2, 0) is 0 Å². The second-order valence-electron chi connectivity index (χ2n) is 5.44. The Balaban J connectivity index is 1.72. The molecule has 0 radical (unpaired) electrons. The second kappa shape index (κ2) is 4.00. The van der Waals surface area contributed by atoms with Crippen LogP contribution in [0.25, 0.3) is 0 Å². The average molecular weight is 181 g/mol. The third-order valence-electron chi connectivity index (χ3n) is 3.96. The average Bonchev–Trinajstić information content (AvgIpc) is 2.62. The quantitative estimate of drug-likeness (QED) is 0.633. The highest BCUT2D eigenvalue weighted by Gasteiger charge is 2.27. The fraction of sp³-hybridized carbons (Fsp3) is 1.00. The van der Waals surface area contributed by atoms with Crippen LogP contribution in [0.2, 0.25) is 0 Å². The van der Waals surface area contributed by atoms with Gasteiger partial charge in [-0.1, -0.05) is 19.8 Å². The smallest absolute Gasteiger partial charge is 0.000719 e. The summed E-state index contributed by atoms with van der Waals surface area (Å²) in [4.78, 5) is 2.49. The van der Waals surface area contributed by atoms with Crippen molar-refractivity contribution >= 4 is 0 Å². The van der Waals surface area contributed by atoms with Crippen molar-refractivity contribution in [1.82, 2.24) is 4.90 Å². The third-order valence-corrected chi connectivity index (χ3v) is 3.96. The van der Waals surface area contributed by atoms with E-state index in [0.717, 1.165) is 17.8 Å². The van der Waals surface area contributed by atoms with E-state index in [9.17, 15) is 0 Å². The van der Waals surface area contributed by atoms with Gasteiger partial charge in [-0.15, -0.1) is 0 Å². The van der Waals surface area contributed by atoms with Gasteiger partial charge in [-0.3, -0.25) is 0 Å². The molecule has 76 valence electrons. The molecule has 0 amide bonds. The first-order chi connectivity index (χ1) is 6.24. The Hall–Kier alpha value is -0.0400. The van der Waals surface area contributed by atoms with Gasteiger partial charge in [-0.2, -0.15) is 0 Å². The highest BCUT2D eigenvalue weighted by Crippen LogP contribution is 2.36. The van der Waals surface area contributed by atoms with Crippen LogP contribution in [0.4, 0.5) is 0 Å². The zero-order chi connectivity index (χ0) is 9.26. The Labute approximate surface area is 82.5 Å². The number of likely N-dealkylation sites (tertiary alicyclic amines) is 1. The first kappa shape index (κ1) is 9.51. The predicted molar refractivity (Wildman–Crippen MR) is 56.7 cm³/mol. The van der Waals surface area contributed by atoms with E-state index in [0.29, 0.717) is 0 Å². The lowest BCUT2D eigenvalue weighted by atomic mass is 9.92. The maximum absolute atomic E-state index is 2.49. The van der Waals surface area contributed by atoms with Gasteiger partial charge in [0.15, 0.2) is 0 Å². The Kier molecular flexibility index (Phi) is 2.92. The maximum Gasteiger partial charge on any atom is 0.000719 e. The van der Waals surface area contributed by atoms with Crippen molar-refractivity contribution in [2.75, 3.05) is 20.1 Å². The summed E-state index contributed by atoms with van der Waals surface area (Å²) in [5, 5.41) is 0. The summed E-state index contributed by atoms with van der Waals surface area (Å²) in [6.45, 7) is 5.12. The van der Waals surface area contributed by atoms with Gasteiger partial charge in [0.1, 0.15) is 0 Å². The molecule has 2 fully saturated rings. The van der Waals surface area contributed by atoms with Gasteiger partial charge in [-0.05, 0) is 50.6 Å². The Morgan fingerprint density at radius 1 is 1.15 bits per heavy atom. The van der Waals surface area contributed by atoms with E-state index in [1.54, 1.807) is 0 Å². The monoisotopic (exact) mass is 181 g/mol. The zero-order valence-electron chi connectivity index (χ0n) is 9.13. The maximum atomic E-state index is 2.49. The van der Waals surface area contributed by atoms with Crippen LogP contribution in [0.3, 0.4) is 0 Å². The van der Waals surface area contributed by atoms with E-state index in [2.05, 4.69) is 18.9 Å². The molecule has 3 unspecified atom stereocenters. The Bertz CT molecular complexity index is 149. The summed E-state index contributed by atoms with van der Waals surface area (Å²) >= 11 is 0. The second-order valence-corrected chi connectivity index (χ2v) is 5.44. The van der Waals surface area contributed by atoms with Crippen molar-refractivity contribution in [3.8, 4) is 0 Å². The molecule has 0 bridgehead atoms. The number of rotatable bonds is 2. The minimum Gasteiger partial charge on any atom is -0.306 e. The molecular weight excluding hydrogens is 158 g/mol. The summed E-state index contributed by atoms with van der Waals surface area (Å²) < 4.78 is 0. The van der Waals surface area contributed by atoms with Crippen LogP contribution in [0.5, 0.6) is 0 Å². The zero-order valence-corrected chi connectivity index (χ0v) is 9.13. The van der Waals surface area contributed by atoms with Gasteiger partial charge < -0.3 is 4.90 Å². The van der Waals surface area contributed by atoms with Crippen LogP contribution < -0.4 is 0 Å². The normalized spacial score (nSPS) is 41.5. The van der Waals surface area contributed by atoms with Crippen molar-refractivity contribution in [3.05, 3.63) is 0 Å². The summed E-state index contributed by atoms with van der Waals surface area (Å²) in [5.41, 5.74) is 0. The molecule has 2 aliphatic rings. The van der Waals surface area contributed by atoms with Crippen LogP contribution in [0.1, 0.15) is 39.0 Å². The van der Waals surface area contributed by atoms with Crippen molar-refractivity contribution in [2.45, 2.75) is 39.0 Å². The summed E-state index contributed by atoms with van der Waals surface area (Å²) in [5.74, 6) is 3.12. The molecule has 0 aromatic carbocycles. The number of hydrogen-bond donors (Lipinski definition) is 0. The lowest BCUT2D eigenvalue weighted by Gasteiger charge is -2.15. The highest BCUT2D eigenvalue weighted by atomic mass is 15.1. The van der Waals surface area contributed by atoms with E-state index < -0.39 is 0 Å². The standard InChI is InChI=1S/C12H23N/c1-10-3-4-11(7-10)8-12-5-6-13(2)9-12/h10-12H,3-9H2,1-2H3. The molecule has 3 atom stereocenters. The molecule has 1 saturated heterocycles. The summed E-state index contributed by atoms with van der Waals surface area (Å²) in [6.07, 6.45) is 7.50. The molecule has 1 heteroatoms. The van der Waals surface area contributed by atoms with Crippen molar-refractivity contribution in [1.29, 1.82) is 0 Å². The van der Waals surface area contributed by atoms with Crippen LogP contribution in [-0.4, -0.2) is 25.0 Å². The first-order valence-electron chi connectivity index (χ1n) is 5.92. The van der Waals surface area contributed by atoms with Gasteiger partial charge in [-0.25, -0.2) is 0 Å². The molecule has 0 aromatic rings. The molecule has 0 spiro atoms. The van der Waals surface area contributed by atoms with Gasteiger partial charge in [0, 0.05) is 6.54 Å². The lowest BCUT2D eigenvalue weighted by molar-refractivity contribution is 0.347. The van der Waals surface area contributed by atoms with E-state index in [4.69, 9.17) is 0 Å². The molecule has 0 N–H and O–H groups in total. The minimum absolute atomic E-state index is 1.02. The van der Waals surface area contributed by atoms with Crippen molar-refractivity contribution in [2.24, 2.45) is 17.8 Å². The van der Waals surface area contributed by atoms with Crippen LogP contribution in [0, 0.1) is 17.8 Å². The lowest BCUT2D eigenvalue weighted by Crippen LogP contribution is -2.15. The molecular formula is C12H23N. The Morgan fingerprint density at radius 3 is 2.54 bits per heavy atom. The Morgan fingerprint density at radius 2 is 2.00 bits per heavy atom. The predicted octanol–water partition coefficient (Wildman–Crippen LogP) is 2.76. The van der Waals surface area contributed by atoms with E-state index >= 15 is 0 Å². The SMILES string of the molecule is CC1CCC(CC2CCN(C)C2)C1. The summed E-state index contributed by atoms with van der Waals surface area (Å²) in [6, 6.07) is 0. The molecule has 0 aromatic heterocycles. The minimum atomic E-state index is 1.02. The first-order valence-corrected chi connectivity index (χ1v) is 5.92. The topological polar surface area (TPSA) is 3.24 Å². The molecule has 13 heavy (non-hydrogen) atoms. The van der Waals surface area contributed by atoms with E-state index in [1.165, 1.54) is 45.2 Å². The largest absolute Gasteiger partial charge is 0.306 e. The van der Waals surface area contributed by atoms with Gasteiger partial charge in [0.2, 0.25) is 0 Å². The van der Waals surface area contributed by atoms with Crippen LogP contribution in [0.15, 0.2) is 0 Å². The third kappa shape index (κ3) is 2.46. The number of nitrogens with zero attached hydrogens (tertiary/aromatic N) is 1. The molecule has 1 aliphatic heterocycles. The van der Waals surface area contributed by atoms with E-state index in [-0.39, 0.29) is 0 Å². The molecule has 1 saturated carbocycles. The fourth-order valence-corrected chi connectivity index (χ4v) is 3.23. The van der Waals surface area contributed by atoms with Crippen LogP contribution >= 0.6 is 0 Å². The fourth-order valence-electron chi connectivity index (χ4n) is 3.23. The van der Waals surface area contributed by atoms with Gasteiger partial charge >= 0.3 is 0 Å². The van der Waals surface area contributed by atoms with E-state index in [1.807, 2.05) is 0 Å². The van der Waals surface area contributed by atoms with Crippen molar-refractivity contribution < 1.29 is 0 Å². The number of hydrogen-bond acceptors (Lipinski definition) is 1. The molecule has 1 aliphatic carbocycles. The highest BCUT2D eigenvalue weighted by molar-refractivity contribution is 4.80. The molecule has 2 rings (SSSR count). The summed E-state index contributed by atoms with van der Waals surface area (Å²) in [7, 11) is 2.26. The van der Waals surface area contributed by atoms with Gasteiger partial charge in [0.05, 0.1) is 0 Å².